The minimum absolute atomic E-state index is 0.155. The maximum Gasteiger partial charge on any atom is 0.416 e. The van der Waals surface area contributed by atoms with Gasteiger partial charge in [-0.25, -0.2) is 0 Å². The van der Waals surface area contributed by atoms with Gasteiger partial charge in [-0.05, 0) is 49.7 Å². The van der Waals surface area contributed by atoms with Crippen molar-refractivity contribution in [2.45, 2.75) is 31.5 Å². The first-order chi connectivity index (χ1) is 12.4. The van der Waals surface area contributed by atoms with E-state index in [1.165, 1.54) is 12.1 Å². The number of piperidine rings is 1. The van der Waals surface area contributed by atoms with E-state index < -0.39 is 17.8 Å². The van der Waals surface area contributed by atoms with Crippen LogP contribution in [0.3, 0.4) is 0 Å². The van der Waals surface area contributed by atoms with E-state index in [9.17, 15) is 18.0 Å². The van der Waals surface area contributed by atoms with Crippen LogP contribution >= 0.6 is 0 Å². The lowest BCUT2D eigenvalue weighted by molar-refractivity contribution is -0.137. The van der Waals surface area contributed by atoms with Gasteiger partial charge in [0, 0.05) is 5.69 Å². The zero-order valence-corrected chi connectivity index (χ0v) is 14.3. The molecule has 1 fully saturated rings. The number of benzene rings is 2. The summed E-state index contributed by atoms with van der Waals surface area (Å²) in [6.45, 7) is 1.60. The Labute approximate surface area is 150 Å². The molecule has 2 aromatic carbocycles. The number of rotatable bonds is 4. The minimum atomic E-state index is -4.44. The van der Waals surface area contributed by atoms with Crippen LogP contribution in [0.1, 0.15) is 36.4 Å². The van der Waals surface area contributed by atoms with Gasteiger partial charge in [-0.2, -0.15) is 13.2 Å². The number of hydrogen-bond donors (Lipinski definition) is 1. The number of hydrogen-bond acceptors (Lipinski definition) is 2. The van der Waals surface area contributed by atoms with Crippen LogP contribution in [-0.4, -0.2) is 23.9 Å². The van der Waals surface area contributed by atoms with E-state index in [1.54, 1.807) is 0 Å². The Kier molecular flexibility index (Phi) is 5.61. The van der Waals surface area contributed by atoms with Crippen LogP contribution in [0.25, 0.3) is 0 Å². The van der Waals surface area contributed by atoms with Gasteiger partial charge in [-0.15, -0.1) is 0 Å². The molecule has 0 aromatic heterocycles. The smallest absolute Gasteiger partial charge is 0.324 e. The highest BCUT2D eigenvalue weighted by Gasteiger charge is 2.32. The summed E-state index contributed by atoms with van der Waals surface area (Å²) in [5.41, 5.74) is 0.228. The molecule has 3 rings (SSSR count). The Morgan fingerprint density at radius 2 is 1.65 bits per heavy atom. The van der Waals surface area contributed by atoms with Crippen molar-refractivity contribution in [2.24, 2.45) is 0 Å². The molecule has 0 saturated carbocycles. The van der Waals surface area contributed by atoms with Gasteiger partial charge in [-0.3, -0.25) is 9.69 Å². The highest BCUT2D eigenvalue weighted by Crippen LogP contribution is 2.31. The molecule has 2 aromatic rings. The van der Waals surface area contributed by atoms with Crippen LogP contribution in [0.2, 0.25) is 0 Å². The van der Waals surface area contributed by atoms with Crippen LogP contribution in [0.4, 0.5) is 18.9 Å². The molecule has 1 amide bonds. The summed E-state index contributed by atoms with van der Waals surface area (Å²) in [5, 5.41) is 2.67. The molecule has 26 heavy (non-hydrogen) atoms. The van der Waals surface area contributed by atoms with E-state index in [0.29, 0.717) is 0 Å². The summed E-state index contributed by atoms with van der Waals surface area (Å²) in [4.78, 5) is 15.0. The highest BCUT2D eigenvalue weighted by molar-refractivity contribution is 5.95. The Morgan fingerprint density at radius 1 is 0.962 bits per heavy atom. The average molecular weight is 362 g/mol. The summed E-state index contributed by atoms with van der Waals surface area (Å²) >= 11 is 0. The monoisotopic (exact) mass is 362 g/mol. The second-order valence-corrected chi connectivity index (χ2v) is 6.48. The molecule has 3 nitrogen and oxygen atoms in total. The fourth-order valence-electron chi connectivity index (χ4n) is 3.32. The molecule has 0 aliphatic carbocycles. The molecule has 0 bridgehead atoms. The molecule has 1 saturated heterocycles. The SMILES string of the molecule is O=C(Nc1cccc(C(F)(F)F)c1)[C@@H](c1ccccc1)N1CCCCC1. The molecule has 0 radical (unpaired) electrons. The van der Waals surface area contributed by atoms with Crippen molar-refractivity contribution in [1.29, 1.82) is 0 Å². The van der Waals surface area contributed by atoms with Crippen LogP contribution in [0, 0.1) is 0 Å². The largest absolute Gasteiger partial charge is 0.416 e. The van der Waals surface area contributed by atoms with Crippen LogP contribution < -0.4 is 5.32 Å². The van der Waals surface area contributed by atoms with Crippen molar-refractivity contribution in [3.05, 3.63) is 65.7 Å². The Hall–Kier alpha value is -2.34. The van der Waals surface area contributed by atoms with E-state index in [2.05, 4.69) is 10.2 Å². The van der Waals surface area contributed by atoms with E-state index >= 15 is 0 Å². The van der Waals surface area contributed by atoms with Crippen molar-refractivity contribution < 1.29 is 18.0 Å². The second-order valence-electron chi connectivity index (χ2n) is 6.48. The number of alkyl halides is 3. The van der Waals surface area contributed by atoms with Crippen molar-refractivity contribution in [3.63, 3.8) is 0 Å². The predicted octanol–water partition coefficient (Wildman–Crippen LogP) is 4.87. The third kappa shape index (κ3) is 4.43. The number of nitrogens with zero attached hydrogens (tertiary/aromatic N) is 1. The van der Waals surface area contributed by atoms with Gasteiger partial charge in [0.15, 0.2) is 0 Å². The first-order valence-electron chi connectivity index (χ1n) is 8.72. The van der Waals surface area contributed by atoms with Gasteiger partial charge in [0.1, 0.15) is 6.04 Å². The molecule has 6 heteroatoms. The molecular weight excluding hydrogens is 341 g/mol. The molecule has 1 heterocycles. The van der Waals surface area contributed by atoms with Gasteiger partial charge in [0.25, 0.3) is 0 Å². The first-order valence-corrected chi connectivity index (χ1v) is 8.72. The number of amides is 1. The predicted molar refractivity (Wildman–Crippen MR) is 94.7 cm³/mol. The first kappa shape index (κ1) is 18.5. The molecule has 0 spiro atoms. The average Bonchev–Trinajstić information content (AvgIpc) is 2.63. The molecule has 138 valence electrons. The van der Waals surface area contributed by atoms with E-state index in [0.717, 1.165) is 50.0 Å². The van der Waals surface area contributed by atoms with Gasteiger partial charge < -0.3 is 5.32 Å². The molecular formula is C20H21F3N2O. The number of nitrogens with one attached hydrogen (secondary N) is 1. The standard InChI is InChI=1S/C20H21F3N2O/c21-20(22,23)16-10-7-11-17(14-16)24-19(26)18(15-8-3-1-4-9-15)25-12-5-2-6-13-25/h1,3-4,7-11,14,18H,2,5-6,12-13H2,(H,24,26)/t18-/m1/s1. The number of likely N-dealkylation sites (tertiary alicyclic amines) is 1. The lowest BCUT2D eigenvalue weighted by Crippen LogP contribution is -2.40. The Morgan fingerprint density at radius 3 is 2.31 bits per heavy atom. The summed E-state index contributed by atoms with van der Waals surface area (Å²) in [6.07, 6.45) is -1.28. The van der Waals surface area contributed by atoms with Crippen molar-refractivity contribution in [1.82, 2.24) is 4.90 Å². The van der Waals surface area contributed by atoms with Crippen molar-refractivity contribution in [3.8, 4) is 0 Å². The van der Waals surface area contributed by atoms with E-state index in [-0.39, 0.29) is 11.6 Å². The zero-order valence-electron chi connectivity index (χ0n) is 14.3. The van der Waals surface area contributed by atoms with Crippen LogP contribution in [-0.2, 0) is 11.0 Å². The molecule has 1 N–H and O–H groups in total. The zero-order chi connectivity index (χ0) is 18.6. The quantitative estimate of drug-likeness (QED) is 0.841. The van der Waals surface area contributed by atoms with Gasteiger partial charge in [-0.1, -0.05) is 42.8 Å². The van der Waals surface area contributed by atoms with E-state index in [4.69, 9.17) is 0 Å². The molecule has 1 aliphatic rings. The van der Waals surface area contributed by atoms with Gasteiger partial charge in [0.2, 0.25) is 5.91 Å². The normalized spacial score (nSPS) is 16.9. The lowest BCUT2D eigenvalue weighted by atomic mass is 10.0. The third-order valence-electron chi connectivity index (χ3n) is 4.58. The summed E-state index contributed by atoms with van der Waals surface area (Å²) in [7, 11) is 0. The second kappa shape index (κ2) is 7.91. The number of carbonyl (C=O) groups is 1. The summed E-state index contributed by atoms with van der Waals surface area (Å²) in [6, 6.07) is 13.6. The van der Waals surface area contributed by atoms with Crippen LogP contribution in [0.15, 0.2) is 54.6 Å². The van der Waals surface area contributed by atoms with Gasteiger partial charge >= 0.3 is 6.18 Å². The van der Waals surface area contributed by atoms with Crippen molar-refractivity contribution in [2.75, 3.05) is 18.4 Å². The molecule has 0 unspecified atom stereocenters. The summed E-state index contributed by atoms with van der Waals surface area (Å²) < 4.78 is 38.7. The Bertz CT molecular complexity index is 740. The third-order valence-corrected chi connectivity index (χ3v) is 4.58. The number of carbonyl (C=O) groups excluding carboxylic acids is 1. The molecule has 1 aliphatic heterocycles. The fraction of sp³-hybridized carbons (Fsp3) is 0.350. The lowest BCUT2D eigenvalue weighted by Gasteiger charge is -2.34. The van der Waals surface area contributed by atoms with E-state index in [1.807, 2.05) is 30.3 Å². The number of anilines is 1. The van der Waals surface area contributed by atoms with Crippen LogP contribution in [0.5, 0.6) is 0 Å². The van der Waals surface area contributed by atoms with Gasteiger partial charge in [0.05, 0.1) is 5.56 Å². The maximum absolute atomic E-state index is 12.9. The minimum Gasteiger partial charge on any atom is -0.324 e. The summed E-state index contributed by atoms with van der Waals surface area (Å²) in [5.74, 6) is -0.308. The topological polar surface area (TPSA) is 32.3 Å². The highest BCUT2D eigenvalue weighted by atomic mass is 19.4. The maximum atomic E-state index is 12.9. The Balaban J connectivity index is 1.84. The fourth-order valence-corrected chi connectivity index (χ4v) is 3.32. The van der Waals surface area contributed by atoms with Crippen molar-refractivity contribution >= 4 is 11.6 Å². The molecule has 1 atom stereocenters. The number of halogens is 3.